The molecule has 1 aromatic carbocycles. The van der Waals surface area contributed by atoms with Gasteiger partial charge in [0.2, 0.25) is 0 Å². The number of nitrogens with one attached hydrogen (secondary N) is 2. The Kier molecular flexibility index (Phi) is 2.59. The predicted octanol–water partition coefficient (Wildman–Crippen LogP) is 3.26. The molecule has 2 N–H and O–H groups in total. The Morgan fingerprint density at radius 2 is 2.12 bits per heavy atom. The lowest BCUT2D eigenvalue weighted by atomic mass is 9.96. The Balaban J connectivity index is 2.13. The lowest BCUT2D eigenvalue weighted by Gasteiger charge is -2.24. The fraction of sp³-hybridized carbons (Fsp3) is 0.385. The maximum Gasteiger partial charge on any atom is 0.154 e. The van der Waals surface area contributed by atoms with Gasteiger partial charge < -0.3 is 10.3 Å². The van der Waals surface area contributed by atoms with Crippen LogP contribution in [-0.4, -0.2) is 11.5 Å². The van der Waals surface area contributed by atoms with Gasteiger partial charge in [0.15, 0.2) is 5.82 Å². The van der Waals surface area contributed by atoms with E-state index in [1.807, 2.05) is 0 Å². The Labute approximate surface area is 98.0 Å². The summed E-state index contributed by atoms with van der Waals surface area (Å²) in [5.74, 6) is -0.904. The second kappa shape index (κ2) is 4.11. The molecule has 0 amide bonds. The fourth-order valence-electron chi connectivity index (χ4n) is 2.56. The summed E-state index contributed by atoms with van der Waals surface area (Å²) in [5, 5.41) is 3.76. The van der Waals surface area contributed by atoms with Crippen molar-refractivity contribution in [1.29, 1.82) is 0 Å². The topological polar surface area (TPSA) is 27.8 Å². The van der Waals surface area contributed by atoms with E-state index in [4.69, 9.17) is 0 Å². The maximum absolute atomic E-state index is 14.2. The molecule has 2 heterocycles. The van der Waals surface area contributed by atoms with Gasteiger partial charge in [-0.3, -0.25) is 0 Å². The van der Waals surface area contributed by atoms with Gasteiger partial charge in [0, 0.05) is 23.2 Å². The van der Waals surface area contributed by atoms with Crippen LogP contribution < -0.4 is 5.32 Å². The SMILES string of the molecule is Fc1cc2cc[nH]c2c(F)c1C1CCCCN1. The monoisotopic (exact) mass is 236 g/mol. The zero-order chi connectivity index (χ0) is 11.8. The first kappa shape index (κ1) is 10.7. The van der Waals surface area contributed by atoms with Gasteiger partial charge in [0.1, 0.15) is 5.82 Å². The molecule has 3 rings (SSSR count). The van der Waals surface area contributed by atoms with Crippen LogP contribution >= 0.6 is 0 Å². The molecule has 1 aliphatic rings. The van der Waals surface area contributed by atoms with Gasteiger partial charge in [-0.25, -0.2) is 8.78 Å². The predicted molar refractivity (Wildman–Crippen MR) is 62.8 cm³/mol. The van der Waals surface area contributed by atoms with Gasteiger partial charge in [-0.2, -0.15) is 0 Å². The van der Waals surface area contributed by atoms with Gasteiger partial charge in [-0.15, -0.1) is 0 Å². The van der Waals surface area contributed by atoms with Crippen LogP contribution in [0.4, 0.5) is 8.78 Å². The number of hydrogen-bond donors (Lipinski definition) is 2. The van der Waals surface area contributed by atoms with Crippen molar-refractivity contribution in [2.24, 2.45) is 0 Å². The number of halogens is 2. The van der Waals surface area contributed by atoms with Crippen molar-refractivity contribution >= 4 is 10.9 Å². The highest BCUT2D eigenvalue weighted by molar-refractivity contribution is 5.81. The third kappa shape index (κ3) is 1.72. The number of benzene rings is 1. The molecule has 0 aliphatic carbocycles. The fourth-order valence-corrected chi connectivity index (χ4v) is 2.56. The van der Waals surface area contributed by atoms with E-state index in [1.165, 1.54) is 6.07 Å². The molecule has 1 atom stereocenters. The first-order chi connectivity index (χ1) is 8.27. The van der Waals surface area contributed by atoms with E-state index in [-0.39, 0.29) is 11.6 Å². The summed E-state index contributed by atoms with van der Waals surface area (Å²) >= 11 is 0. The molecule has 90 valence electrons. The number of aromatic nitrogens is 1. The highest BCUT2D eigenvalue weighted by atomic mass is 19.1. The quantitative estimate of drug-likeness (QED) is 0.781. The van der Waals surface area contributed by atoms with Crippen molar-refractivity contribution in [3.8, 4) is 0 Å². The first-order valence-electron chi connectivity index (χ1n) is 5.96. The normalized spacial score (nSPS) is 20.9. The molecule has 1 aliphatic heterocycles. The third-order valence-electron chi connectivity index (χ3n) is 3.43. The van der Waals surface area contributed by atoms with Crippen molar-refractivity contribution in [3.63, 3.8) is 0 Å². The molecule has 1 fully saturated rings. The van der Waals surface area contributed by atoms with Gasteiger partial charge in [0.25, 0.3) is 0 Å². The molecule has 1 saturated heterocycles. The summed E-state index contributed by atoms with van der Waals surface area (Å²) < 4.78 is 28.2. The van der Waals surface area contributed by atoms with E-state index in [0.29, 0.717) is 10.9 Å². The van der Waals surface area contributed by atoms with Gasteiger partial charge >= 0.3 is 0 Å². The average Bonchev–Trinajstić information content (AvgIpc) is 2.78. The van der Waals surface area contributed by atoms with E-state index in [2.05, 4.69) is 10.3 Å². The van der Waals surface area contributed by atoms with E-state index < -0.39 is 11.6 Å². The van der Waals surface area contributed by atoms with Crippen molar-refractivity contribution < 1.29 is 8.78 Å². The molecule has 2 aromatic rings. The van der Waals surface area contributed by atoms with E-state index in [9.17, 15) is 8.78 Å². The van der Waals surface area contributed by atoms with Gasteiger partial charge in [0.05, 0.1) is 5.52 Å². The minimum atomic E-state index is -0.454. The number of H-pyrrole nitrogens is 1. The molecule has 2 nitrogen and oxygen atoms in total. The van der Waals surface area contributed by atoms with E-state index >= 15 is 0 Å². The Bertz CT molecular complexity index is 542. The summed E-state index contributed by atoms with van der Waals surface area (Å²) in [7, 11) is 0. The minimum absolute atomic E-state index is 0.180. The molecule has 0 spiro atoms. The second-order valence-corrected chi connectivity index (χ2v) is 4.53. The van der Waals surface area contributed by atoms with Crippen LogP contribution in [0.15, 0.2) is 18.3 Å². The average molecular weight is 236 g/mol. The number of aromatic amines is 1. The standard InChI is InChI=1S/C13H14F2N2/c14-9-7-8-4-6-17-13(8)12(15)11(9)10-3-1-2-5-16-10/h4,6-7,10,16-17H,1-3,5H2. The molecular weight excluding hydrogens is 222 g/mol. The van der Waals surface area contributed by atoms with Crippen LogP contribution in [0.25, 0.3) is 10.9 Å². The van der Waals surface area contributed by atoms with E-state index in [0.717, 1.165) is 25.8 Å². The number of rotatable bonds is 1. The van der Waals surface area contributed by atoms with Crippen molar-refractivity contribution in [3.05, 3.63) is 35.5 Å². The summed E-state index contributed by atoms with van der Waals surface area (Å²) in [6.07, 6.45) is 4.51. The molecule has 1 aromatic heterocycles. The van der Waals surface area contributed by atoms with Crippen LogP contribution in [0.2, 0.25) is 0 Å². The van der Waals surface area contributed by atoms with Gasteiger partial charge in [-0.05, 0) is 31.5 Å². The molecule has 4 heteroatoms. The smallest absolute Gasteiger partial charge is 0.154 e. The number of hydrogen-bond acceptors (Lipinski definition) is 1. The van der Waals surface area contributed by atoms with Crippen LogP contribution in [-0.2, 0) is 0 Å². The highest BCUT2D eigenvalue weighted by Gasteiger charge is 2.24. The summed E-state index contributed by atoms with van der Waals surface area (Å²) in [4.78, 5) is 2.83. The van der Waals surface area contributed by atoms with Gasteiger partial charge in [-0.1, -0.05) is 6.42 Å². The van der Waals surface area contributed by atoms with Crippen LogP contribution in [0, 0.1) is 11.6 Å². The summed E-state index contributed by atoms with van der Waals surface area (Å²) in [5.41, 5.74) is 0.577. The largest absolute Gasteiger partial charge is 0.359 e. The second-order valence-electron chi connectivity index (χ2n) is 4.53. The van der Waals surface area contributed by atoms with Crippen LogP contribution in [0.5, 0.6) is 0 Å². The maximum atomic E-state index is 14.2. The Morgan fingerprint density at radius 3 is 2.88 bits per heavy atom. The first-order valence-corrected chi connectivity index (χ1v) is 5.96. The highest BCUT2D eigenvalue weighted by Crippen LogP contribution is 2.31. The van der Waals surface area contributed by atoms with Crippen LogP contribution in [0.1, 0.15) is 30.9 Å². The summed E-state index contributed by atoms with van der Waals surface area (Å²) in [6, 6.07) is 2.89. The zero-order valence-electron chi connectivity index (χ0n) is 9.39. The van der Waals surface area contributed by atoms with Crippen LogP contribution in [0.3, 0.4) is 0 Å². The summed E-state index contributed by atoms with van der Waals surface area (Å²) in [6.45, 7) is 0.826. The molecule has 0 radical (unpaired) electrons. The molecular formula is C13H14F2N2. The number of fused-ring (bicyclic) bond motifs is 1. The van der Waals surface area contributed by atoms with Crippen molar-refractivity contribution in [2.75, 3.05) is 6.54 Å². The Morgan fingerprint density at radius 1 is 1.24 bits per heavy atom. The molecule has 0 bridgehead atoms. The lowest BCUT2D eigenvalue weighted by Crippen LogP contribution is -2.28. The molecule has 1 unspecified atom stereocenters. The molecule has 0 saturated carbocycles. The lowest BCUT2D eigenvalue weighted by molar-refractivity contribution is 0.387. The minimum Gasteiger partial charge on any atom is -0.359 e. The van der Waals surface area contributed by atoms with Crippen molar-refractivity contribution in [1.82, 2.24) is 10.3 Å². The zero-order valence-corrected chi connectivity index (χ0v) is 9.39. The third-order valence-corrected chi connectivity index (χ3v) is 3.43. The van der Waals surface area contributed by atoms with Crippen molar-refractivity contribution in [2.45, 2.75) is 25.3 Å². The number of piperidine rings is 1. The molecule has 17 heavy (non-hydrogen) atoms. The van der Waals surface area contributed by atoms with E-state index in [1.54, 1.807) is 12.3 Å². The Hall–Kier alpha value is -1.42.